The number of benzene rings is 1. The Morgan fingerprint density at radius 1 is 1.24 bits per heavy atom. The molecule has 1 aromatic carbocycles. The van der Waals surface area contributed by atoms with Gasteiger partial charge >= 0.3 is 0 Å². The van der Waals surface area contributed by atoms with Gasteiger partial charge in [-0.15, -0.1) is 10.2 Å². The lowest BCUT2D eigenvalue weighted by atomic mass is 10.1. The highest BCUT2D eigenvalue weighted by atomic mass is 32.1. The second-order valence-corrected chi connectivity index (χ2v) is 7.31. The maximum Gasteiger partial charge on any atom is 0.147 e. The zero-order chi connectivity index (χ0) is 15.5. The average Bonchev–Trinajstić information content (AvgIpc) is 2.86. The lowest BCUT2D eigenvalue weighted by Crippen LogP contribution is -2.36. The first kappa shape index (κ1) is 16.0. The predicted octanol–water partition coefficient (Wildman–Crippen LogP) is 3.97. The summed E-state index contributed by atoms with van der Waals surface area (Å²) in [7, 11) is 0. The first-order valence-electron chi connectivity index (χ1n) is 7.19. The van der Waals surface area contributed by atoms with E-state index in [1.807, 2.05) is 6.07 Å². The van der Waals surface area contributed by atoms with Crippen LogP contribution in [0.1, 0.15) is 37.8 Å². The fourth-order valence-electron chi connectivity index (χ4n) is 1.95. The van der Waals surface area contributed by atoms with Crippen LogP contribution in [-0.2, 0) is 6.42 Å². The normalized spacial score (nSPS) is 11.9. The molecule has 0 amide bonds. The molecule has 1 N–H and O–H groups in total. The van der Waals surface area contributed by atoms with Gasteiger partial charge < -0.3 is 5.32 Å². The van der Waals surface area contributed by atoms with Crippen LogP contribution in [0.15, 0.2) is 18.2 Å². The van der Waals surface area contributed by atoms with E-state index in [0.717, 1.165) is 35.0 Å². The van der Waals surface area contributed by atoms with Crippen LogP contribution in [0.5, 0.6) is 0 Å². The van der Waals surface area contributed by atoms with E-state index in [2.05, 4.69) is 36.3 Å². The molecule has 0 spiro atoms. The van der Waals surface area contributed by atoms with Gasteiger partial charge in [0.1, 0.15) is 15.8 Å². The summed E-state index contributed by atoms with van der Waals surface area (Å²) in [6.45, 7) is 9.21. The van der Waals surface area contributed by atoms with Crippen LogP contribution in [0.4, 0.5) is 4.39 Å². The van der Waals surface area contributed by atoms with Gasteiger partial charge in [-0.2, -0.15) is 0 Å². The summed E-state index contributed by atoms with van der Waals surface area (Å²) in [6.07, 6.45) is 1.95. The largest absolute Gasteiger partial charge is 0.312 e. The summed E-state index contributed by atoms with van der Waals surface area (Å²) in [6, 6.07) is 5.06. The van der Waals surface area contributed by atoms with Crippen molar-refractivity contribution in [3.63, 3.8) is 0 Å². The van der Waals surface area contributed by atoms with Crippen molar-refractivity contribution in [3.05, 3.63) is 34.6 Å². The monoisotopic (exact) mass is 307 g/mol. The molecule has 2 rings (SSSR count). The molecule has 114 valence electrons. The number of aryl methyl sites for hydroxylation is 2. The third-order valence-corrected chi connectivity index (χ3v) is 4.13. The van der Waals surface area contributed by atoms with Crippen LogP contribution in [0.25, 0.3) is 10.6 Å². The van der Waals surface area contributed by atoms with Crippen molar-refractivity contribution in [2.75, 3.05) is 6.54 Å². The van der Waals surface area contributed by atoms with Gasteiger partial charge in [-0.3, -0.25) is 0 Å². The van der Waals surface area contributed by atoms with Gasteiger partial charge in [-0.1, -0.05) is 11.3 Å². The molecule has 2 aromatic rings. The zero-order valence-electron chi connectivity index (χ0n) is 13.0. The smallest absolute Gasteiger partial charge is 0.147 e. The topological polar surface area (TPSA) is 37.8 Å². The summed E-state index contributed by atoms with van der Waals surface area (Å²) >= 11 is 1.59. The molecule has 0 aliphatic rings. The lowest BCUT2D eigenvalue weighted by Gasteiger charge is -2.20. The molecule has 21 heavy (non-hydrogen) atoms. The van der Waals surface area contributed by atoms with Crippen LogP contribution < -0.4 is 5.32 Å². The van der Waals surface area contributed by atoms with E-state index < -0.39 is 0 Å². The molecule has 0 atom stereocenters. The average molecular weight is 307 g/mol. The molecule has 0 aliphatic heterocycles. The Hall–Kier alpha value is -1.33. The van der Waals surface area contributed by atoms with Crippen molar-refractivity contribution in [3.8, 4) is 10.6 Å². The second-order valence-electron chi connectivity index (χ2n) is 6.25. The SMILES string of the molecule is Cc1cc(-c2nnc(CCCNC(C)(C)C)s2)ccc1F. The minimum atomic E-state index is -0.184. The van der Waals surface area contributed by atoms with Gasteiger partial charge in [-0.25, -0.2) is 4.39 Å². The van der Waals surface area contributed by atoms with Gasteiger partial charge in [0.05, 0.1) is 0 Å². The molecule has 0 unspecified atom stereocenters. The summed E-state index contributed by atoms with van der Waals surface area (Å²) in [4.78, 5) is 0. The molecule has 0 radical (unpaired) electrons. The number of hydrogen-bond donors (Lipinski definition) is 1. The van der Waals surface area contributed by atoms with Crippen LogP contribution >= 0.6 is 11.3 Å². The van der Waals surface area contributed by atoms with E-state index in [1.54, 1.807) is 24.3 Å². The Kier molecular flexibility index (Phi) is 5.06. The summed E-state index contributed by atoms with van der Waals surface area (Å²) in [5.41, 5.74) is 1.72. The molecule has 0 saturated carbocycles. The molecule has 0 aliphatic carbocycles. The number of nitrogens with one attached hydrogen (secondary N) is 1. The highest BCUT2D eigenvalue weighted by Gasteiger charge is 2.10. The quantitative estimate of drug-likeness (QED) is 0.849. The van der Waals surface area contributed by atoms with E-state index in [-0.39, 0.29) is 11.4 Å². The third kappa shape index (κ3) is 4.86. The van der Waals surface area contributed by atoms with E-state index in [4.69, 9.17) is 0 Å². The predicted molar refractivity (Wildman–Crippen MR) is 86.1 cm³/mol. The van der Waals surface area contributed by atoms with E-state index >= 15 is 0 Å². The molecular formula is C16H22FN3S. The summed E-state index contributed by atoms with van der Waals surface area (Å²) in [5.74, 6) is -0.184. The van der Waals surface area contributed by atoms with Crippen LogP contribution in [0, 0.1) is 12.7 Å². The first-order valence-corrected chi connectivity index (χ1v) is 8.01. The van der Waals surface area contributed by atoms with Crippen molar-refractivity contribution in [2.24, 2.45) is 0 Å². The van der Waals surface area contributed by atoms with Gasteiger partial charge in [0.2, 0.25) is 0 Å². The molecular weight excluding hydrogens is 285 g/mol. The Labute approximate surface area is 129 Å². The molecule has 0 bridgehead atoms. The van der Waals surface area contributed by atoms with E-state index in [9.17, 15) is 4.39 Å². The van der Waals surface area contributed by atoms with Gasteiger partial charge in [0.25, 0.3) is 0 Å². The van der Waals surface area contributed by atoms with Gasteiger partial charge in [-0.05, 0) is 64.4 Å². The first-order chi connectivity index (χ1) is 9.85. The van der Waals surface area contributed by atoms with Crippen molar-refractivity contribution >= 4 is 11.3 Å². The zero-order valence-corrected chi connectivity index (χ0v) is 13.9. The number of aromatic nitrogens is 2. The number of rotatable bonds is 5. The van der Waals surface area contributed by atoms with Crippen LogP contribution in [-0.4, -0.2) is 22.3 Å². The molecule has 5 heteroatoms. The third-order valence-electron chi connectivity index (χ3n) is 3.09. The fraction of sp³-hybridized carbons (Fsp3) is 0.500. The van der Waals surface area contributed by atoms with E-state index in [1.165, 1.54) is 6.07 Å². The highest BCUT2D eigenvalue weighted by molar-refractivity contribution is 7.14. The molecule has 3 nitrogen and oxygen atoms in total. The van der Waals surface area contributed by atoms with Gasteiger partial charge in [0, 0.05) is 17.5 Å². The fourth-order valence-corrected chi connectivity index (χ4v) is 2.83. The number of halogens is 1. The van der Waals surface area contributed by atoms with Gasteiger partial charge in [0.15, 0.2) is 0 Å². The molecule has 1 aromatic heterocycles. The molecule has 0 fully saturated rings. The number of nitrogens with zero attached hydrogens (tertiary/aromatic N) is 2. The highest BCUT2D eigenvalue weighted by Crippen LogP contribution is 2.25. The van der Waals surface area contributed by atoms with E-state index in [0.29, 0.717) is 5.56 Å². The van der Waals surface area contributed by atoms with Crippen molar-refractivity contribution in [2.45, 2.75) is 46.1 Å². The lowest BCUT2D eigenvalue weighted by molar-refractivity contribution is 0.422. The second kappa shape index (κ2) is 6.62. The maximum absolute atomic E-state index is 13.3. The van der Waals surface area contributed by atoms with Crippen LogP contribution in [0.2, 0.25) is 0 Å². The van der Waals surface area contributed by atoms with Crippen LogP contribution in [0.3, 0.4) is 0 Å². The Morgan fingerprint density at radius 2 is 2.00 bits per heavy atom. The summed E-state index contributed by atoms with van der Waals surface area (Å²) in [5, 5.41) is 13.8. The minimum absolute atomic E-state index is 0.151. The molecule has 0 saturated heterocycles. The standard InChI is InChI=1S/C16H22FN3S/c1-11-10-12(7-8-13(11)17)15-20-19-14(21-15)6-5-9-18-16(2,3)4/h7-8,10,18H,5-6,9H2,1-4H3. The van der Waals surface area contributed by atoms with Crippen molar-refractivity contribution in [1.82, 2.24) is 15.5 Å². The maximum atomic E-state index is 13.3. The van der Waals surface area contributed by atoms with Crippen molar-refractivity contribution < 1.29 is 4.39 Å². The number of hydrogen-bond acceptors (Lipinski definition) is 4. The Balaban J connectivity index is 1.93. The minimum Gasteiger partial charge on any atom is -0.312 e. The van der Waals surface area contributed by atoms with Crippen molar-refractivity contribution in [1.29, 1.82) is 0 Å². The molecule has 1 heterocycles. The summed E-state index contributed by atoms with van der Waals surface area (Å²) < 4.78 is 13.3. The Bertz CT molecular complexity index is 602. The Morgan fingerprint density at radius 3 is 2.67 bits per heavy atom.